The third-order valence-corrected chi connectivity index (χ3v) is 9.35. The van der Waals surface area contributed by atoms with E-state index in [2.05, 4.69) is 98.8 Å². The normalized spacial score (nSPS) is 13.5. The fraction of sp³-hybridized carbons (Fsp3) is 0.0811. The van der Waals surface area contributed by atoms with Crippen molar-refractivity contribution in [1.29, 1.82) is 0 Å². The summed E-state index contributed by atoms with van der Waals surface area (Å²) in [4.78, 5) is 10.0. The summed E-state index contributed by atoms with van der Waals surface area (Å²) >= 11 is 1.81. The summed E-state index contributed by atoms with van der Waals surface area (Å²) in [7, 11) is 0. The Balaban J connectivity index is 1.28. The Bertz CT molecular complexity index is 2040. The third-order valence-electron chi connectivity index (χ3n) is 8.16. The lowest BCUT2D eigenvalue weighted by Gasteiger charge is -2.35. The Kier molecular flexibility index (Phi) is 5.34. The van der Waals surface area contributed by atoms with Crippen LogP contribution in [0.5, 0.6) is 11.5 Å². The predicted molar refractivity (Wildman–Crippen MR) is 170 cm³/mol. The summed E-state index contributed by atoms with van der Waals surface area (Å²) in [5, 5.41) is 2.54. The summed E-state index contributed by atoms with van der Waals surface area (Å²) in [6.45, 7) is 4.59. The maximum Gasteiger partial charge on any atom is 0.160 e. The summed E-state index contributed by atoms with van der Waals surface area (Å²) in [6, 6.07) is 42.2. The quantitative estimate of drug-likeness (QED) is 0.221. The topological polar surface area (TPSA) is 35.0 Å². The fourth-order valence-electron chi connectivity index (χ4n) is 5.95. The first-order valence-corrected chi connectivity index (χ1v) is 14.7. The van der Waals surface area contributed by atoms with Gasteiger partial charge in [-0.15, -0.1) is 11.3 Å². The van der Waals surface area contributed by atoms with Crippen molar-refractivity contribution >= 4 is 31.5 Å². The van der Waals surface area contributed by atoms with Crippen LogP contribution in [0.2, 0.25) is 0 Å². The zero-order valence-corrected chi connectivity index (χ0v) is 23.6. The number of aromatic nitrogens is 2. The number of rotatable bonds is 3. The van der Waals surface area contributed by atoms with Gasteiger partial charge in [0.1, 0.15) is 11.5 Å². The van der Waals surface area contributed by atoms with Gasteiger partial charge in [0, 0.05) is 48.7 Å². The van der Waals surface area contributed by atoms with E-state index < -0.39 is 0 Å². The Morgan fingerprint density at radius 2 is 1.27 bits per heavy atom. The van der Waals surface area contributed by atoms with Crippen molar-refractivity contribution in [2.75, 3.05) is 0 Å². The second-order valence-electron chi connectivity index (χ2n) is 11.0. The number of benzene rings is 5. The van der Waals surface area contributed by atoms with Gasteiger partial charge in [-0.25, -0.2) is 9.97 Å². The van der Waals surface area contributed by atoms with Crippen LogP contribution in [-0.4, -0.2) is 9.97 Å². The van der Waals surface area contributed by atoms with Crippen LogP contribution in [0.4, 0.5) is 0 Å². The molecule has 7 aromatic rings. The fourth-order valence-corrected chi connectivity index (χ4v) is 7.13. The van der Waals surface area contributed by atoms with Crippen molar-refractivity contribution in [1.82, 2.24) is 9.97 Å². The van der Waals surface area contributed by atoms with Crippen LogP contribution in [0.15, 0.2) is 121 Å². The molecule has 3 heterocycles. The van der Waals surface area contributed by atoms with Crippen LogP contribution in [0.25, 0.3) is 54.1 Å². The average Bonchev–Trinajstić information content (AvgIpc) is 3.41. The number of nitrogens with zero attached hydrogens (tertiary/aromatic N) is 2. The molecule has 2 aromatic heterocycles. The molecular formula is C37H26N2OS. The van der Waals surface area contributed by atoms with Gasteiger partial charge in [0.25, 0.3) is 0 Å². The van der Waals surface area contributed by atoms with Crippen LogP contribution in [0.3, 0.4) is 0 Å². The molecule has 41 heavy (non-hydrogen) atoms. The lowest BCUT2D eigenvalue weighted by atomic mass is 9.75. The van der Waals surface area contributed by atoms with E-state index >= 15 is 0 Å². The highest BCUT2D eigenvalue weighted by Crippen LogP contribution is 2.53. The molecule has 0 spiro atoms. The van der Waals surface area contributed by atoms with Crippen LogP contribution in [0.1, 0.15) is 25.0 Å². The van der Waals surface area contributed by atoms with E-state index in [-0.39, 0.29) is 5.41 Å². The lowest BCUT2D eigenvalue weighted by molar-refractivity contribution is 0.424. The monoisotopic (exact) mass is 546 g/mol. The van der Waals surface area contributed by atoms with E-state index in [1.54, 1.807) is 0 Å². The molecule has 5 aromatic carbocycles. The SMILES string of the molecule is CC1(C)c2cc(-c3cc(-c4ccccc4)nc(-c4ccccc4)n3)ccc2Oc2c1ccc1c2sc2ccccc21. The van der Waals surface area contributed by atoms with Crippen molar-refractivity contribution in [3.63, 3.8) is 0 Å². The summed E-state index contributed by atoms with van der Waals surface area (Å²) in [5.74, 6) is 2.60. The minimum atomic E-state index is -0.249. The lowest BCUT2D eigenvalue weighted by Crippen LogP contribution is -2.24. The molecule has 1 aliphatic heterocycles. The molecule has 196 valence electrons. The predicted octanol–water partition coefficient (Wildman–Crippen LogP) is 10.3. The molecule has 0 fully saturated rings. The number of thiophene rings is 1. The van der Waals surface area contributed by atoms with E-state index in [9.17, 15) is 0 Å². The van der Waals surface area contributed by atoms with E-state index in [0.29, 0.717) is 5.82 Å². The maximum absolute atomic E-state index is 6.71. The van der Waals surface area contributed by atoms with Crippen molar-refractivity contribution < 1.29 is 4.74 Å². The molecule has 0 saturated heterocycles. The van der Waals surface area contributed by atoms with Gasteiger partial charge >= 0.3 is 0 Å². The van der Waals surface area contributed by atoms with Gasteiger partial charge in [0.2, 0.25) is 0 Å². The van der Waals surface area contributed by atoms with Crippen molar-refractivity contribution in [2.45, 2.75) is 19.3 Å². The highest BCUT2D eigenvalue weighted by Gasteiger charge is 2.36. The first kappa shape index (κ1) is 24.0. The van der Waals surface area contributed by atoms with Crippen LogP contribution >= 0.6 is 11.3 Å². The zero-order valence-electron chi connectivity index (χ0n) is 22.8. The van der Waals surface area contributed by atoms with Gasteiger partial charge in [-0.1, -0.05) is 105 Å². The van der Waals surface area contributed by atoms with E-state index in [1.807, 2.05) is 47.7 Å². The first-order chi connectivity index (χ1) is 20.1. The average molecular weight is 547 g/mol. The highest BCUT2D eigenvalue weighted by molar-refractivity contribution is 7.26. The van der Waals surface area contributed by atoms with Gasteiger partial charge in [-0.05, 0) is 30.3 Å². The summed E-state index contributed by atoms with van der Waals surface area (Å²) < 4.78 is 9.20. The molecule has 0 aliphatic carbocycles. The molecule has 0 radical (unpaired) electrons. The van der Waals surface area contributed by atoms with Crippen molar-refractivity contribution in [2.24, 2.45) is 0 Å². The molecule has 4 heteroatoms. The van der Waals surface area contributed by atoms with Crippen LogP contribution in [0, 0.1) is 0 Å². The van der Waals surface area contributed by atoms with E-state index in [0.717, 1.165) is 45.1 Å². The maximum atomic E-state index is 6.71. The van der Waals surface area contributed by atoms with Gasteiger partial charge in [-0.3, -0.25) is 0 Å². The van der Waals surface area contributed by atoms with E-state index in [1.165, 1.54) is 25.7 Å². The van der Waals surface area contributed by atoms with Gasteiger partial charge < -0.3 is 4.74 Å². The highest BCUT2D eigenvalue weighted by atomic mass is 32.1. The second kappa shape index (κ2) is 9.12. The number of ether oxygens (including phenoxy) is 1. The number of fused-ring (bicyclic) bond motifs is 6. The molecule has 0 bridgehead atoms. The molecule has 0 amide bonds. The molecule has 0 atom stereocenters. The summed E-state index contributed by atoms with van der Waals surface area (Å²) in [6.07, 6.45) is 0. The van der Waals surface area contributed by atoms with Gasteiger partial charge in [0.05, 0.1) is 16.1 Å². The smallest absolute Gasteiger partial charge is 0.160 e. The molecule has 8 rings (SSSR count). The molecule has 0 N–H and O–H groups in total. The number of hydrogen-bond acceptors (Lipinski definition) is 4. The van der Waals surface area contributed by atoms with Crippen molar-refractivity contribution in [3.05, 3.63) is 132 Å². The Morgan fingerprint density at radius 3 is 2.05 bits per heavy atom. The van der Waals surface area contributed by atoms with E-state index in [4.69, 9.17) is 14.7 Å². The standard InChI is InChI=1S/C37H26N2OS/c1-37(2)28-19-18-27-26-15-9-10-16-33(26)41-35(27)34(28)40-32-20-17-25(21-29(32)37)31-22-30(23-11-5-3-6-12-23)38-36(39-31)24-13-7-4-8-14-24/h3-22H,1-2H3. The Morgan fingerprint density at radius 1 is 0.585 bits per heavy atom. The molecular weight excluding hydrogens is 520 g/mol. The minimum absolute atomic E-state index is 0.249. The zero-order chi connectivity index (χ0) is 27.6. The van der Waals surface area contributed by atoms with Crippen LogP contribution in [-0.2, 0) is 5.41 Å². The van der Waals surface area contributed by atoms with Gasteiger partial charge in [-0.2, -0.15) is 0 Å². The summed E-state index contributed by atoms with van der Waals surface area (Å²) in [5.41, 5.74) is 7.01. The third kappa shape index (κ3) is 3.86. The Hall–Kier alpha value is -4.80. The molecule has 0 saturated carbocycles. The molecule has 0 unspecified atom stereocenters. The molecule has 3 nitrogen and oxygen atoms in total. The molecule has 1 aliphatic rings. The number of hydrogen-bond donors (Lipinski definition) is 0. The van der Waals surface area contributed by atoms with Crippen molar-refractivity contribution in [3.8, 4) is 45.4 Å². The van der Waals surface area contributed by atoms with Gasteiger partial charge in [0.15, 0.2) is 5.82 Å². The largest absolute Gasteiger partial charge is 0.455 e. The first-order valence-electron chi connectivity index (χ1n) is 13.8. The van der Waals surface area contributed by atoms with Crippen LogP contribution < -0.4 is 4.74 Å². The second-order valence-corrected chi connectivity index (χ2v) is 12.1. The minimum Gasteiger partial charge on any atom is -0.455 e. The Labute approximate surface area is 242 Å².